The zero-order valence-electron chi connectivity index (χ0n) is 17.1. The first kappa shape index (κ1) is 22.5. The Morgan fingerprint density at radius 3 is 2.55 bits per heavy atom. The van der Waals surface area contributed by atoms with Crippen LogP contribution in [0.2, 0.25) is 0 Å². The van der Waals surface area contributed by atoms with Crippen LogP contribution in [0.25, 0.3) is 0 Å². The van der Waals surface area contributed by atoms with E-state index in [1.807, 2.05) is 6.07 Å². The van der Waals surface area contributed by atoms with Gasteiger partial charge in [-0.25, -0.2) is 0 Å². The van der Waals surface area contributed by atoms with Crippen LogP contribution in [0, 0.1) is 0 Å². The highest BCUT2D eigenvalue weighted by molar-refractivity contribution is 7.14. The summed E-state index contributed by atoms with van der Waals surface area (Å²) >= 11 is 1.30. The van der Waals surface area contributed by atoms with Crippen LogP contribution in [0.3, 0.4) is 0 Å². The summed E-state index contributed by atoms with van der Waals surface area (Å²) in [5.41, 5.74) is 0.429. The SMILES string of the molecule is CC(=O)NCCc1ccc(C(=O)COC(=O)CCC(=O)c2ccc3c(c2)OCCO3)s1. The topological polar surface area (TPSA) is 108 Å². The maximum Gasteiger partial charge on any atom is 0.306 e. The van der Waals surface area contributed by atoms with E-state index >= 15 is 0 Å². The van der Waals surface area contributed by atoms with Gasteiger partial charge in [0.05, 0.1) is 11.3 Å². The van der Waals surface area contributed by atoms with Crippen molar-refractivity contribution in [3.05, 3.63) is 45.6 Å². The molecule has 0 aliphatic carbocycles. The lowest BCUT2D eigenvalue weighted by Crippen LogP contribution is -2.22. The number of ketones is 2. The molecule has 9 heteroatoms. The van der Waals surface area contributed by atoms with E-state index in [4.69, 9.17) is 14.2 Å². The van der Waals surface area contributed by atoms with E-state index < -0.39 is 5.97 Å². The number of hydrogen-bond acceptors (Lipinski definition) is 8. The molecule has 1 aliphatic heterocycles. The van der Waals surface area contributed by atoms with Gasteiger partial charge in [0, 0.05) is 30.3 Å². The minimum absolute atomic E-state index is 0.0288. The molecule has 8 nitrogen and oxygen atoms in total. The van der Waals surface area contributed by atoms with Gasteiger partial charge in [-0.3, -0.25) is 19.2 Å². The molecule has 0 atom stereocenters. The van der Waals surface area contributed by atoms with Crippen molar-refractivity contribution >= 4 is 34.8 Å². The van der Waals surface area contributed by atoms with Crippen molar-refractivity contribution in [1.82, 2.24) is 5.32 Å². The zero-order valence-corrected chi connectivity index (χ0v) is 17.9. The van der Waals surface area contributed by atoms with E-state index in [0.29, 0.717) is 48.1 Å². The minimum atomic E-state index is -0.610. The standard InChI is InChI=1S/C22H23NO7S/c1-14(24)23-9-8-16-3-6-21(31-16)18(26)13-30-22(27)7-4-17(25)15-2-5-19-20(12-15)29-11-10-28-19/h2-3,5-6,12H,4,7-11,13H2,1H3,(H,23,24). The number of amides is 1. The Morgan fingerprint density at radius 2 is 1.77 bits per heavy atom. The Morgan fingerprint density at radius 1 is 1.00 bits per heavy atom. The molecule has 31 heavy (non-hydrogen) atoms. The summed E-state index contributed by atoms with van der Waals surface area (Å²) in [5.74, 6) is -0.135. The summed E-state index contributed by atoms with van der Waals surface area (Å²) in [7, 11) is 0. The van der Waals surface area contributed by atoms with Gasteiger partial charge in [-0.2, -0.15) is 0 Å². The minimum Gasteiger partial charge on any atom is -0.486 e. The number of thiophene rings is 1. The van der Waals surface area contributed by atoms with Gasteiger partial charge in [0.1, 0.15) is 13.2 Å². The van der Waals surface area contributed by atoms with Crippen molar-refractivity contribution in [2.24, 2.45) is 0 Å². The molecule has 0 spiro atoms. The van der Waals surface area contributed by atoms with Crippen LogP contribution in [0.5, 0.6) is 11.5 Å². The molecule has 0 fully saturated rings. The molecule has 1 amide bonds. The lowest BCUT2D eigenvalue weighted by molar-refractivity contribution is -0.142. The Bertz CT molecular complexity index is 982. The van der Waals surface area contributed by atoms with Crippen LogP contribution >= 0.6 is 11.3 Å². The predicted molar refractivity (Wildman–Crippen MR) is 113 cm³/mol. The summed E-state index contributed by atoms with van der Waals surface area (Å²) in [5, 5.41) is 2.70. The Kier molecular flexibility index (Phi) is 7.77. The number of Topliss-reactive ketones (excluding diaryl/α,β-unsaturated/α-hetero) is 2. The average molecular weight is 445 g/mol. The lowest BCUT2D eigenvalue weighted by Gasteiger charge is -2.18. The van der Waals surface area contributed by atoms with E-state index in [2.05, 4.69) is 5.32 Å². The number of rotatable bonds is 10. The summed E-state index contributed by atoms with van der Waals surface area (Å²) in [4.78, 5) is 48.8. The number of nitrogens with one attached hydrogen (secondary N) is 1. The molecule has 0 bridgehead atoms. The average Bonchev–Trinajstić information content (AvgIpc) is 3.24. The third-order valence-corrected chi connectivity index (χ3v) is 5.65. The van der Waals surface area contributed by atoms with Crippen molar-refractivity contribution in [3.8, 4) is 11.5 Å². The first-order valence-electron chi connectivity index (χ1n) is 9.87. The van der Waals surface area contributed by atoms with E-state index in [1.54, 1.807) is 24.3 Å². The maximum atomic E-state index is 12.3. The quantitative estimate of drug-likeness (QED) is 0.442. The highest BCUT2D eigenvalue weighted by atomic mass is 32.1. The Labute approximate surface area is 183 Å². The second kappa shape index (κ2) is 10.7. The summed E-state index contributed by atoms with van der Waals surface area (Å²) in [6.07, 6.45) is 0.477. The van der Waals surface area contributed by atoms with Gasteiger partial charge >= 0.3 is 5.97 Å². The van der Waals surface area contributed by atoms with Crippen LogP contribution in [-0.2, 0) is 20.7 Å². The van der Waals surface area contributed by atoms with Crippen LogP contribution < -0.4 is 14.8 Å². The monoisotopic (exact) mass is 445 g/mol. The number of carbonyl (C=O) groups is 4. The van der Waals surface area contributed by atoms with E-state index in [0.717, 1.165) is 4.88 Å². The van der Waals surface area contributed by atoms with Crippen molar-refractivity contribution in [3.63, 3.8) is 0 Å². The Balaban J connectivity index is 1.41. The van der Waals surface area contributed by atoms with Crippen molar-refractivity contribution in [2.45, 2.75) is 26.2 Å². The third kappa shape index (κ3) is 6.65. The van der Waals surface area contributed by atoms with Gasteiger partial charge in [-0.15, -0.1) is 11.3 Å². The van der Waals surface area contributed by atoms with Gasteiger partial charge in [0.25, 0.3) is 0 Å². The molecule has 3 rings (SSSR count). The molecule has 164 valence electrons. The van der Waals surface area contributed by atoms with E-state index in [1.165, 1.54) is 18.3 Å². The highest BCUT2D eigenvalue weighted by Crippen LogP contribution is 2.31. The molecule has 2 heterocycles. The first-order chi connectivity index (χ1) is 14.9. The summed E-state index contributed by atoms with van der Waals surface area (Å²) in [6.45, 7) is 2.46. The lowest BCUT2D eigenvalue weighted by atomic mass is 10.1. The number of esters is 1. The van der Waals surface area contributed by atoms with E-state index in [9.17, 15) is 19.2 Å². The molecule has 0 unspecified atom stereocenters. The second-order valence-electron chi connectivity index (χ2n) is 6.86. The molecule has 0 saturated heterocycles. The van der Waals surface area contributed by atoms with Crippen molar-refractivity contribution in [1.29, 1.82) is 0 Å². The van der Waals surface area contributed by atoms with Gasteiger partial charge in [-0.1, -0.05) is 0 Å². The molecule has 2 aromatic rings. The fourth-order valence-corrected chi connectivity index (χ4v) is 3.82. The highest BCUT2D eigenvalue weighted by Gasteiger charge is 2.17. The van der Waals surface area contributed by atoms with Gasteiger partial charge in [0.2, 0.25) is 11.7 Å². The molecular formula is C22H23NO7S. The van der Waals surface area contributed by atoms with Gasteiger partial charge in [0.15, 0.2) is 23.9 Å². The number of carbonyl (C=O) groups excluding carboxylic acids is 4. The molecule has 1 aromatic heterocycles. The van der Waals surface area contributed by atoms with E-state index in [-0.39, 0.29) is 36.9 Å². The largest absolute Gasteiger partial charge is 0.486 e. The van der Waals surface area contributed by atoms with Crippen LogP contribution in [0.15, 0.2) is 30.3 Å². The molecular weight excluding hydrogens is 422 g/mol. The van der Waals surface area contributed by atoms with Crippen molar-refractivity contribution in [2.75, 3.05) is 26.4 Å². The number of benzene rings is 1. The van der Waals surface area contributed by atoms with Crippen LogP contribution in [0.4, 0.5) is 0 Å². The Hall–Kier alpha value is -3.20. The van der Waals surface area contributed by atoms with Crippen LogP contribution in [-0.4, -0.2) is 49.8 Å². The zero-order chi connectivity index (χ0) is 22.2. The molecule has 1 aliphatic rings. The normalized spacial score (nSPS) is 12.2. The number of hydrogen-bond donors (Lipinski definition) is 1. The summed E-state index contributed by atoms with van der Waals surface area (Å²) < 4.78 is 15.9. The smallest absolute Gasteiger partial charge is 0.306 e. The van der Waals surface area contributed by atoms with Crippen molar-refractivity contribution < 1.29 is 33.4 Å². The summed E-state index contributed by atoms with van der Waals surface area (Å²) in [6, 6.07) is 8.39. The number of fused-ring (bicyclic) bond motifs is 1. The van der Waals surface area contributed by atoms with Crippen LogP contribution in [0.1, 0.15) is 44.7 Å². The first-order valence-corrected chi connectivity index (χ1v) is 10.7. The maximum absolute atomic E-state index is 12.3. The van der Waals surface area contributed by atoms with Gasteiger partial charge < -0.3 is 19.5 Å². The molecule has 1 aromatic carbocycles. The fraction of sp³-hybridized carbons (Fsp3) is 0.364. The number of ether oxygens (including phenoxy) is 3. The third-order valence-electron chi connectivity index (χ3n) is 4.47. The molecule has 0 radical (unpaired) electrons. The predicted octanol–water partition coefficient (Wildman–Crippen LogP) is 2.59. The fourth-order valence-electron chi connectivity index (χ4n) is 2.89. The molecule has 1 N–H and O–H groups in total. The molecule has 0 saturated carbocycles. The van der Waals surface area contributed by atoms with Gasteiger partial charge in [-0.05, 0) is 36.8 Å². The second-order valence-corrected chi connectivity index (χ2v) is 8.03.